The zero-order chi connectivity index (χ0) is 22.3. The van der Waals surface area contributed by atoms with Crippen molar-refractivity contribution in [2.24, 2.45) is 5.92 Å². The van der Waals surface area contributed by atoms with Gasteiger partial charge in [0, 0.05) is 29.9 Å². The standard InChI is InChI=1S/C22H25N3O5S/c1-2-12-23-31(28,29)15-16-6-10-18(11-7-16)24-21(26)14-30-20-5-3-4-19(13-20)25-22(27)17-8-9-17/h2-7,10-11,13,17,23H,1,8-9,12,14-15H2,(H,24,26)(H,25,27). The second-order valence-corrected chi connectivity index (χ2v) is 9.03. The highest BCUT2D eigenvalue weighted by atomic mass is 32.2. The number of carbonyl (C=O) groups is 2. The van der Waals surface area contributed by atoms with Crippen LogP contribution in [0.2, 0.25) is 0 Å². The van der Waals surface area contributed by atoms with E-state index >= 15 is 0 Å². The van der Waals surface area contributed by atoms with Crippen LogP contribution >= 0.6 is 0 Å². The van der Waals surface area contributed by atoms with Gasteiger partial charge >= 0.3 is 0 Å². The predicted octanol–water partition coefficient (Wildman–Crippen LogP) is 2.66. The molecular formula is C22H25N3O5S. The Kier molecular flexibility index (Phi) is 7.43. The van der Waals surface area contributed by atoms with Crippen molar-refractivity contribution in [1.29, 1.82) is 0 Å². The number of amides is 2. The maximum atomic E-state index is 12.2. The lowest BCUT2D eigenvalue weighted by Crippen LogP contribution is -2.25. The second kappa shape index (κ2) is 10.2. The molecule has 0 heterocycles. The summed E-state index contributed by atoms with van der Waals surface area (Å²) in [6, 6.07) is 13.4. The van der Waals surface area contributed by atoms with E-state index in [1.807, 2.05) is 0 Å². The normalized spacial score (nSPS) is 13.3. The van der Waals surface area contributed by atoms with Crippen molar-refractivity contribution in [2.45, 2.75) is 18.6 Å². The molecule has 0 unspecified atom stereocenters. The van der Waals surface area contributed by atoms with Crippen molar-refractivity contribution in [3.63, 3.8) is 0 Å². The molecule has 0 aliphatic heterocycles. The first-order valence-corrected chi connectivity index (χ1v) is 11.5. The lowest BCUT2D eigenvalue weighted by molar-refractivity contribution is -0.118. The first kappa shape index (κ1) is 22.5. The van der Waals surface area contributed by atoms with Gasteiger partial charge in [0.1, 0.15) is 5.75 Å². The average Bonchev–Trinajstić information content (AvgIpc) is 3.58. The summed E-state index contributed by atoms with van der Waals surface area (Å²) < 4.78 is 31.7. The van der Waals surface area contributed by atoms with E-state index in [-0.39, 0.29) is 36.6 Å². The first-order chi connectivity index (χ1) is 14.8. The van der Waals surface area contributed by atoms with Crippen LogP contribution in [0.15, 0.2) is 61.2 Å². The monoisotopic (exact) mass is 443 g/mol. The summed E-state index contributed by atoms with van der Waals surface area (Å²) in [4.78, 5) is 24.0. The third-order valence-corrected chi connectivity index (χ3v) is 5.78. The van der Waals surface area contributed by atoms with Crippen molar-refractivity contribution >= 4 is 33.2 Å². The van der Waals surface area contributed by atoms with Crippen molar-refractivity contribution in [3.05, 3.63) is 66.7 Å². The Bertz CT molecular complexity index is 1050. The molecule has 0 bridgehead atoms. The Morgan fingerprint density at radius 2 is 1.81 bits per heavy atom. The highest BCUT2D eigenvalue weighted by Crippen LogP contribution is 2.30. The molecule has 9 heteroatoms. The molecule has 1 saturated carbocycles. The SMILES string of the molecule is C=CCNS(=O)(=O)Cc1ccc(NC(=O)COc2cccc(NC(=O)C3CC3)c2)cc1. The third kappa shape index (κ3) is 7.54. The molecule has 1 aliphatic carbocycles. The van der Waals surface area contributed by atoms with Gasteiger partial charge < -0.3 is 15.4 Å². The van der Waals surface area contributed by atoms with Crippen LogP contribution in [0.3, 0.4) is 0 Å². The van der Waals surface area contributed by atoms with Crippen LogP contribution in [-0.2, 0) is 25.4 Å². The minimum absolute atomic E-state index is 0.00243. The molecule has 8 nitrogen and oxygen atoms in total. The number of ether oxygens (including phenoxy) is 1. The lowest BCUT2D eigenvalue weighted by Gasteiger charge is -2.10. The average molecular weight is 444 g/mol. The predicted molar refractivity (Wildman–Crippen MR) is 119 cm³/mol. The molecule has 0 atom stereocenters. The van der Waals surface area contributed by atoms with E-state index in [1.165, 1.54) is 6.08 Å². The van der Waals surface area contributed by atoms with Crippen LogP contribution in [0.1, 0.15) is 18.4 Å². The molecule has 1 fully saturated rings. The fourth-order valence-electron chi connectivity index (χ4n) is 2.74. The highest BCUT2D eigenvalue weighted by molar-refractivity contribution is 7.88. The summed E-state index contributed by atoms with van der Waals surface area (Å²) in [5, 5.41) is 5.53. The molecule has 2 aromatic rings. The number of sulfonamides is 1. The van der Waals surface area contributed by atoms with Crippen molar-refractivity contribution in [3.8, 4) is 5.75 Å². The summed E-state index contributed by atoms with van der Waals surface area (Å²) in [6.07, 6.45) is 3.31. The largest absolute Gasteiger partial charge is 0.484 e. The molecule has 2 aromatic carbocycles. The zero-order valence-electron chi connectivity index (χ0n) is 17.0. The van der Waals surface area contributed by atoms with E-state index in [4.69, 9.17) is 4.74 Å². The molecule has 0 aromatic heterocycles. The molecule has 0 saturated heterocycles. The molecule has 164 valence electrons. The summed E-state index contributed by atoms with van der Waals surface area (Å²) in [6.45, 7) is 3.44. The van der Waals surface area contributed by atoms with Gasteiger partial charge in [-0.15, -0.1) is 6.58 Å². The third-order valence-electron chi connectivity index (χ3n) is 4.46. The van der Waals surface area contributed by atoms with Crippen LogP contribution in [0.5, 0.6) is 5.75 Å². The molecular weight excluding hydrogens is 418 g/mol. The van der Waals surface area contributed by atoms with Gasteiger partial charge in [0.05, 0.1) is 5.75 Å². The first-order valence-electron chi connectivity index (χ1n) is 9.85. The van der Waals surface area contributed by atoms with Crippen LogP contribution in [-0.4, -0.2) is 33.4 Å². The van der Waals surface area contributed by atoms with Gasteiger partial charge in [-0.05, 0) is 42.7 Å². The summed E-state index contributed by atoms with van der Waals surface area (Å²) >= 11 is 0. The van der Waals surface area contributed by atoms with Gasteiger partial charge in [0.15, 0.2) is 6.61 Å². The molecule has 3 rings (SSSR count). The topological polar surface area (TPSA) is 114 Å². The van der Waals surface area contributed by atoms with Gasteiger partial charge in [-0.3, -0.25) is 9.59 Å². The summed E-state index contributed by atoms with van der Waals surface area (Å²) in [7, 11) is -3.44. The number of hydrogen-bond acceptors (Lipinski definition) is 5. The van der Waals surface area contributed by atoms with Gasteiger partial charge in [-0.25, -0.2) is 13.1 Å². The van der Waals surface area contributed by atoms with Crippen molar-refractivity contribution in [1.82, 2.24) is 4.72 Å². The van der Waals surface area contributed by atoms with Crippen LogP contribution < -0.4 is 20.1 Å². The van der Waals surface area contributed by atoms with Crippen LogP contribution in [0.4, 0.5) is 11.4 Å². The Morgan fingerprint density at radius 3 is 2.48 bits per heavy atom. The molecule has 1 aliphatic rings. The Labute approximate surface area is 181 Å². The second-order valence-electron chi connectivity index (χ2n) is 7.22. The Hall–Kier alpha value is -3.17. The maximum absolute atomic E-state index is 12.2. The number of hydrogen-bond donors (Lipinski definition) is 3. The quantitative estimate of drug-likeness (QED) is 0.462. The number of nitrogens with one attached hydrogen (secondary N) is 3. The Balaban J connectivity index is 1.47. The minimum Gasteiger partial charge on any atom is -0.484 e. The van der Waals surface area contributed by atoms with Crippen LogP contribution in [0.25, 0.3) is 0 Å². The summed E-state index contributed by atoms with van der Waals surface area (Å²) in [5.41, 5.74) is 1.75. The van der Waals surface area contributed by atoms with E-state index in [9.17, 15) is 18.0 Å². The smallest absolute Gasteiger partial charge is 0.262 e. The molecule has 0 spiro atoms. The van der Waals surface area contributed by atoms with Gasteiger partial charge in [0.2, 0.25) is 15.9 Å². The molecule has 2 amide bonds. The zero-order valence-corrected chi connectivity index (χ0v) is 17.8. The van der Waals surface area contributed by atoms with Crippen molar-refractivity contribution < 1.29 is 22.7 Å². The van der Waals surface area contributed by atoms with E-state index < -0.39 is 10.0 Å². The molecule has 3 N–H and O–H groups in total. The molecule has 0 radical (unpaired) electrons. The lowest BCUT2D eigenvalue weighted by atomic mass is 10.2. The number of anilines is 2. The van der Waals surface area contributed by atoms with E-state index in [1.54, 1.807) is 48.5 Å². The van der Waals surface area contributed by atoms with Crippen LogP contribution in [0, 0.1) is 5.92 Å². The van der Waals surface area contributed by atoms with E-state index in [2.05, 4.69) is 21.9 Å². The van der Waals surface area contributed by atoms with Crippen molar-refractivity contribution in [2.75, 3.05) is 23.8 Å². The fourth-order valence-corrected chi connectivity index (χ4v) is 3.85. The van der Waals surface area contributed by atoms with E-state index in [0.717, 1.165) is 12.8 Å². The number of benzene rings is 2. The Morgan fingerprint density at radius 1 is 1.06 bits per heavy atom. The minimum atomic E-state index is -3.44. The van der Waals surface area contributed by atoms with Gasteiger partial charge in [0.25, 0.3) is 5.91 Å². The van der Waals surface area contributed by atoms with Gasteiger partial charge in [-0.1, -0.05) is 24.3 Å². The van der Waals surface area contributed by atoms with E-state index in [0.29, 0.717) is 22.7 Å². The highest BCUT2D eigenvalue weighted by Gasteiger charge is 2.29. The fraction of sp³-hybridized carbons (Fsp3) is 0.273. The van der Waals surface area contributed by atoms with Gasteiger partial charge in [-0.2, -0.15) is 0 Å². The maximum Gasteiger partial charge on any atom is 0.262 e. The summed E-state index contributed by atoms with van der Waals surface area (Å²) in [5.74, 6) is 0.0517. The number of rotatable bonds is 11. The molecule has 31 heavy (non-hydrogen) atoms. The number of carbonyl (C=O) groups excluding carboxylic acids is 2.